The van der Waals surface area contributed by atoms with E-state index in [1.165, 1.54) is 12.1 Å². The Kier molecular flexibility index (Phi) is 5.03. The molecule has 2 aromatic rings. The SMILES string of the molecule is Cc1c(C(C)N[C@H](C)CCO)nnn1-c1ccc(F)cc1. The van der Waals surface area contributed by atoms with Gasteiger partial charge in [0.2, 0.25) is 0 Å². The van der Waals surface area contributed by atoms with Crippen LogP contribution >= 0.6 is 0 Å². The molecule has 2 N–H and O–H groups in total. The van der Waals surface area contributed by atoms with Gasteiger partial charge in [-0.3, -0.25) is 0 Å². The highest BCUT2D eigenvalue weighted by molar-refractivity contribution is 5.33. The topological polar surface area (TPSA) is 63.0 Å². The van der Waals surface area contributed by atoms with Crippen molar-refractivity contribution in [3.05, 3.63) is 41.5 Å². The van der Waals surface area contributed by atoms with E-state index in [-0.39, 0.29) is 24.5 Å². The van der Waals surface area contributed by atoms with Gasteiger partial charge in [-0.25, -0.2) is 9.07 Å². The fourth-order valence-corrected chi connectivity index (χ4v) is 2.35. The normalized spacial score (nSPS) is 14.1. The zero-order valence-electron chi connectivity index (χ0n) is 12.5. The maximum atomic E-state index is 13.0. The van der Waals surface area contributed by atoms with Gasteiger partial charge in [-0.15, -0.1) is 5.10 Å². The molecule has 0 saturated carbocycles. The van der Waals surface area contributed by atoms with Gasteiger partial charge in [0.15, 0.2) is 0 Å². The number of hydrogen-bond acceptors (Lipinski definition) is 4. The van der Waals surface area contributed by atoms with Gasteiger partial charge < -0.3 is 10.4 Å². The smallest absolute Gasteiger partial charge is 0.123 e. The summed E-state index contributed by atoms with van der Waals surface area (Å²) in [5, 5.41) is 20.7. The number of nitrogens with one attached hydrogen (secondary N) is 1. The highest BCUT2D eigenvalue weighted by atomic mass is 19.1. The zero-order valence-corrected chi connectivity index (χ0v) is 12.5. The number of aliphatic hydroxyl groups is 1. The summed E-state index contributed by atoms with van der Waals surface area (Å²) in [5.74, 6) is -0.274. The van der Waals surface area contributed by atoms with Gasteiger partial charge in [0, 0.05) is 12.6 Å². The van der Waals surface area contributed by atoms with Crippen LogP contribution in [0.2, 0.25) is 0 Å². The molecule has 0 aliphatic heterocycles. The van der Waals surface area contributed by atoms with E-state index < -0.39 is 0 Å². The molecule has 21 heavy (non-hydrogen) atoms. The van der Waals surface area contributed by atoms with Crippen LogP contribution in [0.4, 0.5) is 4.39 Å². The number of aromatic nitrogens is 3. The second-order valence-corrected chi connectivity index (χ2v) is 5.25. The fourth-order valence-electron chi connectivity index (χ4n) is 2.35. The van der Waals surface area contributed by atoms with E-state index >= 15 is 0 Å². The molecule has 1 heterocycles. The molecule has 0 aliphatic carbocycles. The van der Waals surface area contributed by atoms with Crippen LogP contribution in [-0.2, 0) is 0 Å². The van der Waals surface area contributed by atoms with Crippen molar-refractivity contribution < 1.29 is 9.50 Å². The lowest BCUT2D eigenvalue weighted by molar-refractivity contribution is 0.264. The molecule has 0 bridgehead atoms. The van der Waals surface area contributed by atoms with Crippen molar-refractivity contribution in [3.8, 4) is 5.69 Å². The third kappa shape index (κ3) is 3.65. The molecule has 0 spiro atoms. The second kappa shape index (κ2) is 6.78. The summed E-state index contributed by atoms with van der Waals surface area (Å²) >= 11 is 0. The highest BCUT2D eigenvalue weighted by Gasteiger charge is 2.17. The van der Waals surface area contributed by atoms with Crippen LogP contribution in [0, 0.1) is 12.7 Å². The van der Waals surface area contributed by atoms with Gasteiger partial charge >= 0.3 is 0 Å². The zero-order chi connectivity index (χ0) is 15.4. The molecule has 2 rings (SSSR count). The predicted molar refractivity (Wildman–Crippen MR) is 78.8 cm³/mol. The van der Waals surface area contributed by atoms with Crippen LogP contribution in [0.3, 0.4) is 0 Å². The molecule has 0 aliphatic rings. The van der Waals surface area contributed by atoms with Gasteiger partial charge in [-0.05, 0) is 51.5 Å². The average Bonchev–Trinajstić information content (AvgIpc) is 2.82. The molecule has 0 radical (unpaired) electrons. The van der Waals surface area contributed by atoms with E-state index in [1.54, 1.807) is 16.8 Å². The lowest BCUT2D eigenvalue weighted by Crippen LogP contribution is -2.30. The summed E-state index contributed by atoms with van der Waals surface area (Å²) < 4.78 is 14.7. The molecule has 1 aromatic heterocycles. The Bertz CT molecular complexity index is 582. The summed E-state index contributed by atoms with van der Waals surface area (Å²) in [5.41, 5.74) is 2.55. The van der Waals surface area contributed by atoms with Crippen molar-refractivity contribution in [1.29, 1.82) is 0 Å². The van der Waals surface area contributed by atoms with E-state index in [0.29, 0.717) is 6.42 Å². The Hall–Kier alpha value is -1.79. The first-order chi connectivity index (χ1) is 10.0. The number of rotatable bonds is 6. The van der Waals surface area contributed by atoms with Crippen molar-refractivity contribution in [1.82, 2.24) is 20.3 Å². The third-order valence-corrected chi connectivity index (χ3v) is 3.51. The van der Waals surface area contributed by atoms with E-state index in [2.05, 4.69) is 15.6 Å². The summed E-state index contributed by atoms with van der Waals surface area (Å²) in [6.45, 7) is 6.13. The minimum Gasteiger partial charge on any atom is -0.396 e. The Morgan fingerprint density at radius 3 is 2.57 bits per heavy atom. The van der Waals surface area contributed by atoms with Crippen LogP contribution in [0.1, 0.15) is 37.7 Å². The van der Waals surface area contributed by atoms with Gasteiger partial charge in [0.1, 0.15) is 11.5 Å². The number of aliphatic hydroxyl groups excluding tert-OH is 1. The molecule has 114 valence electrons. The lowest BCUT2D eigenvalue weighted by atomic mass is 10.1. The van der Waals surface area contributed by atoms with Gasteiger partial charge in [-0.1, -0.05) is 5.21 Å². The number of benzene rings is 1. The first kappa shape index (κ1) is 15.6. The van der Waals surface area contributed by atoms with Crippen LogP contribution in [-0.4, -0.2) is 32.7 Å². The minimum absolute atomic E-state index is 0.0285. The maximum Gasteiger partial charge on any atom is 0.123 e. The summed E-state index contributed by atoms with van der Waals surface area (Å²) in [6, 6.07) is 6.38. The molecule has 1 unspecified atom stereocenters. The molecule has 0 amide bonds. The molecular weight excluding hydrogens is 271 g/mol. The Labute approximate surface area is 123 Å². The summed E-state index contributed by atoms with van der Waals surface area (Å²) in [6.07, 6.45) is 0.690. The van der Waals surface area contributed by atoms with Gasteiger partial charge in [0.05, 0.1) is 17.4 Å². The molecule has 0 saturated heterocycles. The first-order valence-corrected chi connectivity index (χ1v) is 7.08. The molecule has 2 atom stereocenters. The number of halogens is 1. The molecule has 0 fully saturated rings. The van der Waals surface area contributed by atoms with Crippen molar-refractivity contribution in [2.24, 2.45) is 0 Å². The molecular formula is C15H21FN4O. The highest BCUT2D eigenvalue weighted by Crippen LogP contribution is 2.18. The monoisotopic (exact) mass is 292 g/mol. The van der Waals surface area contributed by atoms with E-state index in [4.69, 9.17) is 5.11 Å². The Balaban J connectivity index is 2.18. The summed E-state index contributed by atoms with van der Waals surface area (Å²) in [4.78, 5) is 0. The quantitative estimate of drug-likeness (QED) is 0.856. The molecule has 1 aromatic carbocycles. The van der Waals surface area contributed by atoms with E-state index in [9.17, 15) is 4.39 Å². The van der Waals surface area contributed by atoms with Gasteiger partial charge in [-0.2, -0.15) is 0 Å². The second-order valence-electron chi connectivity index (χ2n) is 5.25. The van der Waals surface area contributed by atoms with Gasteiger partial charge in [0.25, 0.3) is 0 Å². The minimum atomic E-state index is -0.274. The average molecular weight is 292 g/mol. The van der Waals surface area contributed by atoms with Crippen molar-refractivity contribution in [3.63, 3.8) is 0 Å². The van der Waals surface area contributed by atoms with E-state index in [1.807, 2.05) is 20.8 Å². The Morgan fingerprint density at radius 2 is 1.95 bits per heavy atom. The van der Waals surface area contributed by atoms with Crippen molar-refractivity contribution in [2.75, 3.05) is 6.61 Å². The largest absolute Gasteiger partial charge is 0.396 e. The number of hydrogen-bond donors (Lipinski definition) is 2. The van der Waals surface area contributed by atoms with Crippen LogP contribution in [0.15, 0.2) is 24.3 Å². The lowest BCUT2D eigenvalue weighted by Gasteiger charge is -2.18. The van der Waals surface area contributed by atoms with Crippen LogP contribution in [0.5, 0.6) is 0 Å². The van der Waals surface area contributed by atoms with Crippen molar-refractivity contribution in [2.45, 2.75) is 39.3 Å². The predicted octanol–water partition coefficient (Wildman–Crippen LogP) is 2.14. The number of nitrogens with zero attached hydrogens (tertiary/aromatic N) is 3. The third-order valence-electron chi connectivity index (χ3n) is 3.51. The van der Waals surface area contributed by atoms with Crippen molar-refractivity contribution >= 4 is 0 Å². The Morgan fingerprint density at radius 1 is 1.29 bits per heavy atom. The van der Waals surface area contributed by atoms with Crippen LogP contribution < -0.4 is 5.32 Å². The first-order valence-electron chi connectivity index (χ1n) is 7.08. The molecule has 6 heteroatoms. The standard InChI is InChI=1S/C15H21FN4O/c1-10(8-9-21)17-11(2)15-12(3)20(19-18-15)14-6-4-13(16)5-7-14/h4-7,10-11,17,21H,8-9H2,1-3H3/t10-,11?/m1/s1. The maximum absolute atomic E-state index is 13.0. The van der Waals surface area contributed by atoms with E-state index in [0.717, 1.165) is 17.1 Å². The fraction of sp³-hybridized carbons (Fsp3) is 0.467. The van der Waals surface area contributed by atoms with Crippen LogP contribution in [0.25, 0.3) is 5.69 Å². The summed E-state index contributed by atoms with van der Waals surface area (Å²) in [7, 11) is 0. The molecule has 5 nitrogen and oxygen atoms in total.